The molecule has 2 atom stereocenters. The molecular formula is C16H25NO3S. The van der Waals surface area contributed by atoms with Crippen molar-refractivity contribution in [3.8, 4) is 0 Å². The number of rotatable bonds is 0. The van der Waals surface area contributed by atoms with E-state index in [1.165, 1.54) is 13.0 Å². The van der Waals surface area contributed by atoms with E-state index in [2.05, 4.69) is 11.9 Å². The average Bonchev–Trinajstić information content (AvgIpc) is 3.02. The highest BCUT2D eigenvalue weighted by Gasteiger charge is 2.36. The zero-order chi connectivity index (χ0) is 14.8. The van der Waals surface area contributed by atoms with Crippen molar-refractivity contribution in [1.82, 2.24) is 4.90 Å². The summed E-state index contributed by atoms with van der Waals surface area (Å²) in [6, 6.07) is 7.97. The predicted molar refractivity (Wildman–Crippen MR) is 90.1 cm³/mol. The molecular weight excluding hydrogens is 286 g/mol. The molecule has 4 nitrogen and oxygen atoms in total. The van der Waals surface area contributed by atoms with Crippen LogP contribution < -0.4 is 4.94 Å². The van der Waals surface area contributed by atoms with Crippen LogP contribution in [0.1, 0.15) is 30.0 Å². The van der Waals surface area contributed by atoms with Crippen LogP contribution in [0, 0.1) is 5.92 Å². The Balaban J connectivity index is 0.000000393. The Bertz CT molecular complexity index is 667. The molecule has 2 heterocycles. The number of benzene rings is 1. The van der Waals surface area contributed by atoms with Crippen LogP contribution >= 0.6 is 11.3 Å². The lowest BCUT2D eigenvalue weighted by Crippen LogP contribution is -2.35. The number of Topliss-reactive ketones (excluding diaryl/α,β-unsaturated/α-hetero) is 1. The number of hydrogen-bond donors (Lipinski definition) is 0. The molecule has 118 valence electrons. The molecule has 4 rings (SSSR count). The number of hydrogen-bond acceptors (Lipinski definition) is 5. The molecule has 1 aromatic carbocycles. The summed E-state index contributed by atoms with van der Waals surface area (Å²) in [4.78, 5) is 23.9. The van der Waals surface area contributed by atoms with Gasteiger partial charge in [-0.1, -0.05) is 23.5 Å². The summed E-state index contributed by atoms with van der Waals surface area (Å²) in [6.45, 7) is 1.20. The summed E-state index contributed by atoms with van der Waals surface area (Å²) in [5, 5.41) is 0. The lowest BCUT2D eigenvalue weighted by molar-refractivity contribution is -0.122. The third-order valence-electron chi connectivity index (χ3n) is 4.43. The average molecular weight is 311 g/mol. The first-order valence-electron chi connectivity index (χ1n) is 7.34. The van der Waals surface area contributed by atoms with Crippen LogP contribution in [-0.4, -0.2) is 30.3 Å². The molecule has 21 heavy (non-hydrogen) atoms. The predicted octanol–water partition coefficient (Wildman–Crippen LogP) is 3.65. The van der Waals surface area contributed by atoms with Crippen LogP contribution in [0.4, 0.5) is 0 Å². The van der Waals surface area contributed by atoms with E-state index < -0.39 is 0 Å². The molecule has 1 saturated heterocycles. The van der Waals surface area contributed by atoms with Gasteiger partial charge in [-0.15, -0.1) is 0 Å². The molecule has 0 bridgehead atoms. The summed E-state index contributed by atoms with van der Waals surface area (Å²) < 4.78 is 5.74. The topological polar surface area (TPSA) is 50.5 Å². The molecule has 0 amide bonds. The fourth-order valence-electron chi connectivity index (χ4n) is 3.25. The van der Waals surface area contributed by atoms with Gasteiger partial charge in [0.15, 0.2) is 0 Å². The third kappa shape index (κ3) is 3.24. The Morgan fingerprint density at radius 1 is 1.29 bits per heavy atom. The summed E-state index contributed by atoms with van der Waals surface area (Å²) >= 11 is 1.13. The van der Waals surface area contributed by atoms with Crippen molar-refractivity contribution >= 4 is 27.4 Å². The largest absolute Gasteiger partial charge is 0.414 e. The zero-order valence-electron chi connectivity index (χ0n) is 12.1. The molecule has 1 aliphatic carbocycles. The number of likely N-dealkylation sites (tertiary alicyclic amines) is 1. The first-order chi connectivity index (χ1) is 10.1. The molecule has 2 unspecified atom stereocenters. The van der Waals surface area contributed by atoms with Crippen LogP contribution in [0.15, 0.2) is 33.5 Å². The van der Waals surface area contributed by atoms with Crippen LogP contribution in [0.25, 0.3) is 10.3 Å². The summed E-state index contributed by atoms with van der Waals surface area (Å²) in [6.07, 6.45) is 4.12. The molecule has 0 spiro atoms. The van der Waals surface area contributed by atoms with E-state index in [1.807, 2.05) is 18.2 Å². The first-order valence-corrected chi connectivity index (χ1v) is 8.16. The van der Waals surface area contributed by atoms with Crippen LogP contribution in [0.2, 0.25) is 0 Å². The fraction of sp³-hybridized carbons (Fsp3) is 0.500. The molecule has 1 aromatic heterocycles. The highest BCUT2D eigenvalue weighted by atomic mass is 32.1. The van der Waals surface area contributed by atoms with E-state index in [0.29, 0.717) is 17.4 Å². The monoisotopic (exact) mass is 311 g/mol. The molecule has 2 aromatic rings. The summed E-state index contributed by atoms with van der Waals surface area (Å²) in [5.41, 5.74) is 0.678. The Labute approximate surface area is 131 Å². The summed E-state index contributed by atoms with van der Waals surface area (Å²) in [5.74, 6) is 1.30. The second kappa shape index (κ2) is 6.12. The van der Waals surface area contributed by atoms with E-state index >= 15 is 0 Å². The van der Waals surface area contributed by atoms with Crippen LogP contribution in [0.5, 0.6) is 0 Å². The summed E-state index contributed by atoms with van der Waals surface area (Å²) in [7, 11) is 2.14. The normalized spacial score (nSPS) is 25.5. The van der Waals surface area contributed by atoms with E-state index in [4.69, 9.17) is 4.42 Å². The number of carbonyl (C=O) groups excluding carboxylic acids is 1. The Hall–Kier alpha value is -1.46. The maximum atomic E-state index is 11.1. The van der Waals surface area contributed by atoms with Gasteiger partial charge in [0, 0.05) is 23.2 Å². The van der Waals surface area contributed by atoms with Crippen molar-refractivity contribution in [2.24, 2.45) is 5.92 Å². The van der Waals surface area contributed by atoms with E-state index in [0.717, 1.165) is 41.2 Å². The lowest BCUT2D eigenvalue weighted by atomic mass is 9.84. The minimum Gasteiger partial charge on any atom is -0.414 e. The van der Waals surface area contributed by atoms with Crippen molar-refractivity contribution in [2.45, 2.75) is 31.7 Å². The fourth-order valence-corrected chi connectivity index (χ4v) is 3.92. The Morgan fingerprint density at radius 2 is 2.10 bits per heavy atom. The number of fused-ring (bicyclic) bond motifs is 2. The molecule has 2 aliphatic rings. The second-order valence-corrected chi connectivity index (χ2v) is 6.76. The molecule has 1 aliphatic heterocycles. The molecule has 2 fully saturated rings. The van der Waals surface area contributed by atoms with Crippen LogP contribution in [0.3, 0.4) is 0 Å². The van der Waals surface area contributed by atoms with E-state index in [9.17, 15) is 9.59 Å². The van der Waals surface area contributed by atoms with Gasteiger partial charge in [0.05, 0.1) is 4.70 Å². The first kappa shape index (κ1) is 14.5. The van der Waals surface area contributed by atoms with Gasteiger partial charge >= 0.3 is 4.94 Å². The standard InChI is InChI=1S/C9H15NO.C7H4O2S.3H2/c1-10-5-4-7-2-3-8(11)6-9(7)10;8-7-9-5-3-1-2-4-6(5)10-7;;;/h7,9H,2-6H2,1H3;1-4H;3*1H. The Morgan fingerprint density at radius 3 is 2.90 bits per heavy atom. The SMILES string of the molecule is CN1CCC2CCC(=O)CC21.O=c1oc2ccccc2s1.[HH].[HH].[HH]. The minimum absolute atomic E-state index is 0. The van der Waals surface area contributed by atoms with Gasteiger partial charge in [-0.3, -0.25) is 4.79 Å². The maximum Gasteiger partial charge on any atom is 0.396 e. The zero-order valence-corrected chi connectivity index (χ0v) is 12.9. The van der Waals surface area contributed by atoms with Crippen molar-refractivity contribution in [1.29, 1.82) is 0 Å². The number of ketones is 1. The quantitative estimate of drug-likeness (QED) is 0.745. The number of para-hydroxylation sites is 1. The van der Waals surface area contributed by atoms with Crippen molar-refractivity contribution in [3.63, 3.8) is 0 Å². The van der Waals surface area contributed by atoms with Gasteiger partial charge in [-0.25, -0.2) is 4.79 Å². The van der Waals surface area contributed by atoms with Crippen molar-refractivity contribution < 1.29 is 13.5 Å². The number of nitrogens with zero attached hydrogens (tertiary/aromatic N) is 1. The maximum absolute atomic E-state index is 11.1. The molecule has 0 radical (unpaired) electrons. The highest BCUT2D eigenvalue weighted by molar-refractivity contribution is 7.16. The van der Waals surface area contributed by atoms with Crippen molar-refractivity contribution in [3.05, 3.63) is 34.0 Å². The third-order valence-corrected chi connectivity index (χ3v) is 5.24. The number of carbonyl (C=O) groups is 1. The second-order valence-electron chi connectivity index (χ2n) is 5.78. The van der Waals surface area contributed by atoms with Gasteiger partial charge < -0.3 is 9.32 Å². The van der Waals surface area contributed by atoms with E-state index in [1.54, 1.807) is 6.07 Å². The van der Waals surface area contributed by atoms with E-state index in [-0.39, 0.29) is 9.22 Å². The smallest absolute Gasteiger partial charge is 0.396 e. The molecule has 1 saturated carbocycles. The van der Waals surface area contributed by atoms with Gasteiger partial charge in [0.25, 0.3) is 0 Å². The lowest BCUT2D eigenvalue weighted by Gasteiger charge is -2.28. The minimum atomic E-state index is -0.235. The van der Waals surface area contributed by atoms with Crippen molar-refractivity contribution in [2.75, 3.05) is 13.6 Å². The van der Waals surface area contributed by atoms with Gasteiger partial charge in [-0.2, -0.15) is 0 Å². The Kier molecular flexibility index (Phi) is 4.22. The van der Waals surface area contributed by atoms with Gasteiger partial charge in [0.1, 0.15) is 11.4 Å². The molecule has 5 heteroatoms. The van der Waals surface area contributed by atoms with Gasteiger partial charge in [-0.05, 0) is 44.5 Å². The van der Waals surface area contributed by atoms with Gasteiger partial charge in [0.2, 0.25) is 0 Å². The highest BCUT2D eigenvalue weighted by Crippen LogP contribution is 2.33. The van der Waals surface area contributed by atoms with Crippen LogP contribution in [-0.2, 0) is 4.79 Å². The molecule has 0 N–H and O–H groups in total.